The third-order valence-corrected chi connectivity index (χ3v) is 3.34. The van der Waals surface area contributed by atoms with Gasteiger partial charge in [-0.3, -0.25) is 9.59 Å². The molecule has 24 heavy (non-hydrogen) atoms. The van der Waals surface area contributed by atoms with Crippen LogP contribution in [0.1, 0.15) is 26.3 Å². The van der Waals surface area contributed by atoms with Gasteiger partial charge in [0.15, 0.2) is 0 Å². The summed E-state index contributed by atoms with van der Waals surface area (Å²) in [4.78, 5) is 34.5. The molecule has 8 heteroatoms. The maximum absolute atomic E-state index is 12.1. The van der Waals surface area contributed by atoms with Crippen LogP contribution in [0.4, 0.5) is 4.79 Å². The molecule has 0 aliphatic heterocycles. The highest BCUT2D eigenvalue weighted by molar-refractivity contribution is 8.11. The van der Waals surface area contributed by atoms with Crippen molar-refractivity contribution in [1.82, 2.24) is 10.0 Å². The van der Waals surface area contributed by atoms with Crippen LogP contribution in [-0.4, -0.2) is 40.5 Å². The molecule has 0 saturated carbocycles. The summed E-state index contributed by atoms with van der Waals surface area (Å²) in [5, 5.41) is 10.4. The van der Waals surface area contributed by atoms with Gasteiger partial charge in [-0.25, -0.2) is 9.52 Å². The summed E-state index contributed by atoms with van der Waals surface area (Å²) in [5.41, 5.74) is 0.247. The van der Waals surface area contributed by atoms with E-state index < -0.39 is 35.4 Å². The predicted molar refractivity (Wildman–Crippen MR) is 91.5 cm³/mol. The Bertz CT molecular complexity index is 572. The Morgan fingerprint density at radius 3 is 2.38 bits per heavy atom. The average Bonchev–Trinajstić information content (AvgIpc) is 2.48. The van der Waals surface area contributed by atoms with Crippen molar-refractivity contribution in [2.45, 2.75) is 38.8 Å². The van der Waals surface area contributed by atoms with Crippen LogP contribution in [0, 0.1) is 0 Å². The average molecular weight is 354 g/mol. The van der Waals surface area contributed by atoms with Crippen LogP contribution >= 0.6 is 11.9 Å². The zero-order chi connectivity index (χ0) is 18.2. The van der Waals surface area contributed by atoms with Crippen molar-refractivity contribution in [2.24, 2.45) is 0 Å². The van der Waals surface area contributed by atoms with Gasteiger partial charge in [-0.15, -0.1) is 0 Å². The number of aliphatic carboxylic acids is 1. The van der Waals surface area contributed by atoms with Gasteiger partial charge in [0.05, 0.1) is 0 Å². The van der Waals surface area contributed by atoms with Gasteiger partial charge in [-0.1, -0.05) is 30.3 Å². The van der Waals surface area contributed by atoms with Crippen molar-refractivity contribution < 1.29 is 24.2 Å². The molecule has 0 heterocycles. The van der Waals surface area contributed by atoms with E-state index in [1.807, 2.05) is 30.3 Å². The fourth-order valence-corrected chi connectivity index (χ4v) is 2.43. The monoisotopic (exact) mass is 354 g/mol. The number of carboxylic acids is 1. The fraction of sp³-hybridized carbons (Fsp3) is 0.438. The highest BCUT2D eigenvalue weighted by Crippen LogP contribution is 2.14. The molecule has 0 aromatic heterocycles. The highest BCUT2D eigenvalue weighted by atomic mass is 32.2. The van der Waals surface area contributed by atoms with E-state index in [1.54, 1.807) is 20.8 Å². The number of nitrogens with one attached hydrogen (secondary N) is 2. The number of ether oxygens (including phenoxy) is 1. The summed E-state index contributed by atoms with van der Waals surface area (Å²) in [7, 11) is 0. The predicted octanol–water partition coefficient (Wildman–Crippen LogP) is 1.97. The minimum absolute atomic E-state index is 0.308. The Hall–Kier alpha value is -2.06. The first-order valence-corrected chi connectivity index (χ1v) is 8.18. The number of carbonyl (C=O) groups excluding carboxylic acids is 2. The lowest BCUT2D eigenvalue weighted by atomic mass is 10.1. The number of hydrogen-bond acceptors (Lipinski definition) is 6. The Morgan fingerprint density at radius 2 is 1.83 bits per heavy atom. The normalized spacial score (nSPS) is 12.3. The molecule has 7 nitrogen and oxygen atoms in total. The lowest BCUT2D eigenvalue weighted by Gasteiger charge is -2.21. The summed E-state index contributed by atoms with van der Waals surface area (Å²) in [6.45, 7) is 4.74. The molecule has 132 valence electrons. The van der Waals surface area contributed by atoms with Crippen LogP contribution in [0.25, 0.3) is 0 Å². The van der Waals surface area contributed by atoms with E-state index >= 15 is 0 Å². The van der Waals surface area contributed by atoms with E-state index in [-0.39, 0.29) is 0 Å². The van der Waals surface area contributed by atoms with Gasteiger partial charge >= 0.3 is 11.3 Å². The first kappa shape index (κ1) is 20.0. The van der Waals surface area contributed by atoms with Gasteiger partial charge in [-0.05, 0) is 32.8 Å². The van der Waals surface area contributed by atoms with E-state index in [0.717, 1.165) is 5.56 Å². The standard InChI is InChI=1S/C16H22N2O5S/c1-16(2,3)23-15(22)24-18-12(14(21)17-10-13(19)20)9-11-7-5-4-6-8-11/h4-8,12,18H,9-10H2,1-3H3,(H,17,21)(H,19,20)/t12-/m0/s1. The molecule has 0 aliphatic rings. The minimum Gasteiger partial charge on any atom is -0.480 e. The van der Waals surface area contributed by atoms with Crippen molar-refractivity contribution in [2.75, 3.05) is 6.54 Å². The van der Waals surface area contributed by atoms with E-state index in [2.05, 4.69) is 10.0 Å². The van der Waals surface area contributed by atoms with Crippen molar-refractivity contribution in [3.63, 3.8) is 0 Å². The summed E-state index contributed by atoms with van der Waals surface area (Å²) in [6.07, 6.45) is 0.308. The van der Waals surface area contributed by atoms with E-state index in [9.17, 15) is 14.4 Å². The second-order valence-electron chi connectivity index (χ2n) is 6.04. The molecule has 0 aliphatic carbocycles. The number of carbonyl (C=O) groups is 3. The SMILES string of the molecule is CC(C)(C)OC(=O)SN[C@@H](Cc1ccccc1)C(=O)NCC(=O)O. The molecule has 0 spiro atoms. The zero-order valence-corrected chi connectivity index (χ0v) is 14.7. The second kappa shape index (κ2) is 9.29. The molecule has 1 aromatic rings. The van der Waals surface area contributed by atoms with Gasteiger partial charge in [-0.2, -0.15) is 0 Å². The molecule has 0 unspecified atom stereocenters. The van der Waals surface area contributed by atoms with Gasteiger partial charge in [0, 0.05) is 11.9 Å². The van der Waals surface area contributed by atoms with E-state index in [0.29, 0.717) is 18.4 Å². The maximum Gasteiger partial charge on any atom is 0.383 e. The van der Waals surface area contributed by atoms with Gasteiger partial charge in [0.1, 0.15) is 18.2 Å². The highest BCUT2D eigenvalue weighted by Gasteiger charge is 2.23. The summed E-state index contributed by atoms with van der Waals surface area (Å²) >= 11 is 0.674. The lowest BCUT2D eigenvalue weighted by Crippen LogP contribution is -2.45. The van der Waals surface area contributed by atoms with Gasteiger partial charge in [0.25, 0.3) is 0 Å². The van der Waals surface area contributed by atoms with Crippen LogP contribution < -0.4 is 10.0 Å². The Kier molecular flexibility index (Phi) is 7.73. The zero-order valence-electron chi connectivity index (χ0n) is 13.9. The molecular formula is C16H22N2O5S. The van der Waals surface area contributed by atoms with Crippen LogP contribution in [0.5, 0.6) is 0 Å². The minimum atomic E-state index is -1.14. The third kappa shape index (κ3) is 8.54. The molecule has 0 fully saturated rings. The van der Waals surface area contributed by atoms with Crippen molar-refractivity contribution in [3.05, 3.63) is 35.9 Å². The second-order valence-corrected chi connectivity index (χ2v) is 6.81. The molecular weight excluding hydrogens is 332 g/mol. The molecule has 0 bridgehead atoms. The summed E-state index contributed by atoms with van der Waals surface area (Å²) in [5.74, 6) is -1.64. The van der Waals surface area contributed by atoms with E-state index in [1.165, 1.54) is 0 Å². The van der Waals surface area contributed by atoms with Crippen molar-refractivity contribution in [3.8, 4) is 0 Å². The number of benzene rings is 1. The Labute approximate surface area is 145 Å². The third-order valence-electron chi connectivity index (χ3n) is 2.69. The Morgan fingerprint density at radius 1 is 1.21 bits per heavy atom. The summed E-state index contributed by atoms with van der Waals surface area (Å²) in [6, 6.07) is 8.44. The van der Waals surface area contributed by atoms with Crippen LogP contribution in [0.15, 0.2) is 30.3 Å². The fourth-order valence-electron chi connectivity index (χ4n) is 1.71. The van der Waals surface area contributed by atoms with Gasteiger partial charge in [0.2, 0.25) is 5.91 Å². The number of rotatable bonds is 7. The van der Waals surface area contributed by atoms with Crippen molar-refractivity contribution >= 4 is 29.1 Å². The maximum atomic E-state index is 12.1. The first-order valence-electron chi connectivity index (χ1n) is 7.36. The molecule has 1 aromatic carbocycles. The van der Waals surface area contributed by atoms with E-state index in [4.69, 9.17) is 9.84 Å². The largest absolute Gasteiger partial charge is 0.480 e. The molecule has 1 rings (SSSR count). The molecule has 0 radical (unpaired) electrons. The smallest absolute Gasteiger partial charge is 0.383 e. The molecule has 1 amide bonds. The van der Waals surface area contributed by atoms with Gasteiger partial charge < -0.3 is 15.2 Å². The molecule has 0 saturated heterocycles. The Balaban J connectivity index is 2.68. The number of amides is 1. The number of carboxylic acid groups (broad SMARTS) is 1. The van der Waals surface area contributed by atoms with Crippen molar-refractivity contribution in [1.29, 1.82) is 0 Å². The number of hydrogen-bond donors (Lipinski definition) is 3. The first-order chi connectivity index (χ1) is 11.2. The quantitative estimate of drug-likeness (QED) is 0.508. The van der Waals surface area contributed by atoms with Crippen LogP contribution in [0.2, 0.25) is 0 Å². The van der Waals surface area contributed by atoms with Crippen LogP contribution in [0.3, 0.4) is 0 Å². The van der Waals surface area contributed by atoms with Crippen LogP contribution in [-0.2, 0) is 20.7 Å². The lowest BCUT2D eigenvalue weighted by molar-refractivity contribution is -0.138. The molecule has 3 N–H and O–H groups in total. The topological polar surface area (TPSA) is 105 Å². The summed E-state index contributed by atoms with van der Waals surface area (Å²) < 4.78 is 7.90. The molecule has 1 atom stereocenters.